The molecule has 2 aromatic rings. The third-order valence-electron chi connectivity index (χ3n) is 4.31. The van der Waals surface area contributed by atoms with Crippen molar-refractivity contribution in [3.05, 3.63) is 51.0 Å². The van der Waals surface area contributed by atoms with Crippen LogP contribution in [-0.4, -0.2) is 28.3 Å². The van der Waals surface area contributed by atoms with Gasteiger partial charge in [-0.05, 0) is 57.9 Å². The Labute approximate surface area is 163 Å². The van der Waals surface area contributed by atoms with Crippen LogP contribution in [0, 0.1) is 19.7 Å². The summed E-state index contributed by atoms with van der Waals surface area (Å²) in [6.07, 6.45) is 0.848. The number of rotatable bonds is 6. The van der Waals surface area contributed by atoms with E-state index in [2.05, 4.69) is 50.5 Å². The van der Waals surface area contributed by atoms with E-state index >= 15 is 0 Å². The minimum absolute atomic E-state index is 0.168. The molecule has 0 fully saturated rings. The van der Waals surface area contributed by atoms with E-state index in [4.69, 9.17) is 0 Å². The van der Waals surface area contributed by atoms with Gasteiger partial charge in [-0.1, -0.05) is 15.9 Å². The van der Waals surface area contributed by atoms with Gasteiger partial charge >= 0.3 is 0 Å². The van der Waals surface area contributed by atoms with E-state index in [9.17, 15) is 4.39 Å². The Bertz CT molecular complexity index is 784. The predicted molar refractivity (Wildman–Crippen MR) is 108 cm³/mol. The van der Waals surface area contributed by atoms with Crippen molar-refractivity contribution in [3.8, 4) is 0 Å². The number of nitrogens with zero attached hydrogens (tertiary/aromatic N) is 3. The number of aryl methyl sites for hydroxylation is 2. The topological polar surface area (TPSA) is 54.2 Å². The first-order valence-corrected chi connectivity index (χ1v) is 9.59. The van der Waals surface area contributed by atoms with E-state index in [1.54, 1.807) is 12.1 Å². The Kier molecular flexibility index (Phi) is 7.20. The fourth-order valence-corrected chi connectivity index (χ4v) is 3.26. The SMILES string of the molecule is CCNC(=NCc1cc(Br)ccc1F)NC(C)Cc1c(C)nn(C)c1C. The molecule has 0 saturated heterocycles. The first kappa shape index (κ1) is 20.4. The molecule has 0 spiro atoms. The quantitative estimate of drug-likeness (QED) is 0.550. The zero-order chi connectivity index (χ0) is 19.3. The molecule has 0 aliphatic carbocycles. The number of aromatic nitrogens is 2. The number of hydrogen-bond acceptors (Lipinski definition) is 2. The lowest BCUT2D eigenvalue weighted by atomic mass is 10.1. The van der Waals surface area contributed by atoms with Gasteiger partial charge in [-0.15, -0.1) is 0 Å². The van der Waals surface area contributed by atoms with Gasteiger partial charge in [0.25, 0.3) is 0 Å². The van der Waals surface area contributed by atoms with Gasteiger partial charge in [-0.2, -0.15) is 5.10 Å². The molecule has 1 aromatic heterocycles. The molecule has 2 rings (SSSR count). The molecule has 0 amide bonds. The highest BCUT2D eigenvalue weighted by molar-refractivity contribution is 9.10. The van der Waals surface area contributed by atoms with Crippen LogP contribution >= 0.6 is 15.9 Å². The molecule has 1 aromatic carbocycles. The second-order valence-electron chi connectivity index (χ2n) is 6.45. The fraction of sp³-hybridized carbons (Fsp3) is 0.474. The summed E-state index contributed by atoms with van der Waals surface area (Å²) < 4.78 is 16.7. The molecule has 0 aliphatic rings. The molecule has 1 unspecified atom stereocenters. The van der Waals surface area contributed by atoms with Crippen LogP contribution in [0.4, 0.5) is 4.39 Å². The van der Waals surface area contributed by atoms with Crippen LogP contribution in [0.15, 0.2) is 27.7 Å². The second kappa shape index (κ2) is 9.16. The number of benzene rings is 1. The molecular formula is C19H27BrFN5. The fourth-order valence-electron chi connectivity index (χ4n) is 2.85. The summed E-state index contributed by atoms with van der Waals surface area (Å²) in [6.45, 7) is 9.25. The van der Waals surface area contributed by atoms with Crippen molar-refractivity contribution >= 4 is 21.9 Å². The normalized spacial score (nSPS) is 13.0. The summed E-state index contributed by atoms with van der Waals surface area (Å²) in [5.74, 6) is 0.432. The highest BCUT2D eigenvalue weighted by Gasteiger charge is 2.14. The van der Waals surface area contributed by atoms with E-state index in [1.807, 2.05) is 25.6 Å². The van der Waals surface area contributed by atoms with Gasteiger partial charge in [0, 0.05) is 35.4 Å². The largest absolute Gasteiger partial charge is 0.357 e. The lowest BCUT2D eigenvalue weighted by Crippen LogP contribution is -2.43. The van der Waals surface area contributed by atoms with Gasteiger partial charge in [-0.25, -0.2) is 9.38 Å². The number of aliphatic imine (C=N–C) groups is 1. The number of halogens is 2. The van der Waals surface area contributed by atoms with Gasteiger partial charge in [0.05, 0.1) is 12.2 Å². The van der Waals surface area contributed by atoms with Crippen molar-refractivity contribution in [1.29, 1.82) is 0 Å². The Hall–Kier alpha value is -1.89. The molecule has 26 heavy (non-hydrogen) atoms. The highest BCUT2D eigenvalue weighted by atomic mass is 79.9. The molecule has 0 saturated carbocycles. The van der Waals surface area contributed by atoms with Gasteiger partial charge in [-0.3, -0.25) is 4.68 Å². The summed E-state index contributed by atoms with van der Waals surface area (Å²) in [6, 6.07) is 5.06. The lowest BCUT2D eigenvalue weighted by Gasteiger charge is -2.18. The number of nitrogens with one attached hydrogen (secondary N) is 2. The highest BCUT2D eigenvalue weighted by Crippen LogP contribution is 2.16. The molecule has 2 N–H and O–H groups in total. The molecule has 142 valence electrons. The monoisotopic (exact) mass is 423 g/mol. The maximum absolute atomic E-state index is 13.9. The van der Waals surface area contributed by atoms with Crippen LogP contribution in [-0.2, 0) is 20.0 Å². The van der Waals surface area contributed by atoms with Crippen LogP contribution in [0.1, 0.15) is 36.4 Å². The average Bonchev–Trinajstić information content (AvgIpc) is 2.82. The van der Waals surface area contributed by atoms with Crippen molar-refractivity contribution in [2.45, 2.75) is 46.7 Å². The van der Waals surface area contributed by atoms with Crippen LogP contribution in [0.3, 0.4) is 0 Å². The van der Waals surface area contributed by atoms with Gasteiger partial charge in [0.15, 0.2) is 5.96 Å². The van der Waals surface area contributed by atoms with Crippen LogP contribution < -0.4 is 10.6 Å². The Morgan fingerprint density at radius 2 is 2.12 bits per heavy atom. The predicted octanol–water partition coefficient (Wildman–Crippen LogP) is 3.62. The van der Waals surface area contributed by atoms with E-state index in [1.165, 1.54) is 17.3 Å². The molecule has 1 atom stereocenters. The minimum atomic E-state index is -0.248. The van der Waals surface area contributed by atoms with Gasteiger partial charge in [0.2, 0.25) is 0 Å². The van der Waals surface area contributed by atoms with Crippen LogP contribution in [0.25, 0.3) is 0 Å². The molecule has 1 heterocycles. The lowest BCUT2D eigenvalue weighted by molar-refractivity contribution is 0.607. The molecule has 0 aliphatic heterocycles. The van der Waals surface area contributed by atoms with Gasteiger partial charge < -0.3 is 10.6 Å². The van der Waals surface area contributed by atoms with Crippen LogP contribution in [0.5, 0.6) is 0 Å². The van der Waals surface area contributed by atoms with E-state index in [0.717, 1.165) is 23.1 Å². The first-order valence-electron chi connectivity index (χ1n) is 8.79. The molecule has 0 bridgehead atoms. The number of guanidine groups is 1. The zero-order valence-corrected chi connectivity index (χ0v) is 17.6. The smallest absolute Gasteiger partial charge is 0.191 e. The standard InChI is InChI=1S/C19H27BrFN5/c1-6-22-19(23-11-15-10-16(20)7-8-18(15)21)24-12(2)9-17-13(3)25-26(5)14(17)4/h7-8,10,12H,6,9,11H2,1-5H3,(H2,22,23,24). The zero-order valence-electron chi connectivity index (χ0n) is 16.0. The van der Waals surface area contributed by atoms with Gasteiger partial charge in [0.1, 0.15) is 5.82 Å². The molecule has 0 radical (unpaired) electrons. The summed E-state index contributed by atoms with van der Waals surface area (Å²) in [7, 11) is 1.96. The summed E-state index contributed by atoms with van der Waals surface area (Å²) in [4.78, 5) is 4.53. The summed E-state index contributed by atoms with van der Waals surface area (Å²) in [5.41, 5.74) is 4.04. The van der Waals surface area contributed by atoms with Crippen molar-refractivity contribution in [1.82, 2.24) is 20.4 Å². The maximum atomic E-state index is 13.9. The Morgan fingerprint density at radius 3 is 2.73 bits per heavy atom. The summed E-state index contributed by atoms with van der Waals surface area (Å²) in [5, 5.41) is 11.1. The van der Waals surface area contributed by atoms with Crippen molar-refractivity contribution in [2.24, 2.45) is 12.0 Å². The maximum Gasteiger partial charge on any atom is 0.191 e. The molecule has 7 heteroatoms. The van der Waals surface area contributed by atoms with Crippen molar-refractivity contribution in [2.75, 3.05) is 6.54 Å². The third-order valence-corrected chi connectivity index (χ3v) is 4.81. The second-order valence-corrected chi connectivity index (χ2v) is 7.37. The van der Waals surface area contributed by atoms with E-state index in [-0.39, 0.29) is 18.4 Å². The van der Waals surface area contributed by atoms with E-state index in [0.29, 0.717) is 11.5 Å². The van der Waals surface area contributed by atoms with E-state index < -0.39 is 0 Å². The van der Waals surface area contributed by atoms with Crippen molar-refractivity contribution in [3.63, 3.8) is 0 Å². The Morgan fingerprint density at radius 1 is 1.38 bits per heavy atom. The third kappa shape index (κ3) is 5.30. The minimum Gasteiger partial charge on any atom is -0.357 e. The Balaban J connectivity index is 2.07. The number of hydrogen-bond donors (Lipinski definition) is 2. The average molecular weight is 424 g/mol. The van der Waals surface area contributed by atoms with Crippen molar-refractivity contribution < 1.29 is 4.39 Å². The molecular weight excluding hydrogens is 397 g/mol. The van der Waals surface area contributed by atoms with Crippen LogP contribution in [0.2, 0.25) is 0 Å². The summed E-state index contributed by atoms with van der Waals surface area (Å²) >= 11 is 3.37. The molecule has 5 nitrogen and oxygen atoms in total. The first-order chi connectivity index (χ1) is 12.3.